The van der Waals surface area contributed by atoms with E-state index in [-0.39, 0.29) is 5.91 Å². The minimum atomic E-state index is -0.0681. The predicted octanol–water partition coefficient (Wildman–Crippen LogP) is 6.41. The van der Waals surface area contributed by atoms with E-state index in [4.69, 9.17) is 4.99 Å². The minimum Gasteiger partial charge on any atom is -0.268 e. The number of thiazole rings is 1. The average molecular weight is 428 g/mol. The molecular formula is C24H17N3OS2. The van der Waals surface area contributed by atoms with E-state index >= 15 is 0 Å². The summed E-state index contributed by atoms with van der Waals surface area (Å²) in [6.07, 6.45) is 1.94. The number of anilines is 1. The number of amides is 1. The molecule has 1 saturated heterocycles. The van der Waals surface area contributed by atoms with Crippen LogP contribution in [0.2, 0.25) is 0 Å². The van der Waals surface area contributed by atoms with Gasteiger partial charge in [-0.1, -0.05) is 42.5 Å². The predicted molar refractivity (Wildman–Crippen MR) is 127 cm³/mol. The molecule has 0 unspecified atom stereocenters. The fraction of sp³-hybridized carbons (Fsp3) is 0.0417. The van der Waals surface area contributed by atoms with Crippen LogP contribution in [0.15, 0.2) is 88.8 Å². The van der Waals surface area contributed by atoms with Crippen LogP contribution in [0.5, 0.6) is 0 Å². The smallest absolute Gasteiger partial charge is 0.268 e. The molecular weight excluding hydrogens is 410 g/mol. The van der Waals surface area contributed by atoms with Crippen molar-refractivity contribution in [3.05, 3.63) is 94.3 Å². The van der Waals surface area contributed by atoms with Gasteiger partial charge in [-0.3, -0.25) is 9.69 Å². The first kappa shape index (κ1) is 18.8. The number of nitrogens with zero attached hydrogens (tertiary/aromatic N) is 3. The molecule has 0 saturated carbocycles. The molecule has 1 aromatic heterocycles. The maximum atomic E-state index is 13.3. The van der Waals surface area contributed by atoms with E-state index in [1.165, 1.54) is 11.8 Å². The second-order valence-corrected chi connectivity index (χ2v) is 9.02. The molecule has 0 aliphatic carbocycles. The zero-order valence-electron chi connectivity index (χ0n) is 16.1. The first-order chi connectivity index (χ1) is 14.7. The Morgan fingerprint density at radius 2 is 1.70 bits per heavy atom. The largest absolute Gasteiger partial charge is 0.271 e. The maximum Gasteiger partial charge on any atom is 0.271 e. The first-order valence-corrected chi connectivity index (χ1v) is 11.1. The van der Waals surface area contributed by atoms with E-state index < -0.39 is 0 Å². The van der Waals surface area contributed by atoms with Gasteiger partial charge < -0.3 is 0 Å². The van der Waals surface area contributed by atoms with E-state index in [9.17, 15) is 4.79 Å². The highest BCUT2D eigenvalue weighted by molar-refractivity contribution is 8.19. The summed E-state index contributed by atoms with van der Waals surface area (Å²) < 4.78 is 1.12. The Morgan fingerprint density at radius 1 is 0.967 bits per heavy atom. The number of aromatic nitrogens is 1. The minimum absolute atomic E-state index is 0.0681. The molecule has 1 aliphatic heterocycles. The summed E-state index contributed by atoms with van der Waals surface area (Å²) >= 11 is 3.06. The molecule has 2 heterocycles. The van der Waals surface area contributed by atoms with Crippen molar-refractivity contribution in [3.8, 4) is 0 Å². The SMILES string of the molecule is Cc1nc2ccc(/C=C3\SC(=Nc4ccccc4)N(c4ccccc4)C3=O)cc2s1. The lowest BCUT2D eigenvalue weighted by Gasteiger charge is -2.15. The number of hydrogen-bond acceptors (Lipinski definition) is 5. The Balaban J connectivity index is 1.57. The van der Waals surface area contributed by atoms with E-state index in [1.54, 1.807) is 16.2 Å². The van der Waals surface area contributed by atoms with Gasteiger partial charge in [0.15, 0.2) is 5.17 Å². The highest BCUT2D eigenvalue weighted by atomic mass is 32.2. The van der Waals surface area contributed by atoms with Gasteiger partial charge in [0.2, 0.25) is 0 Å². The van der Waals surface area contributed by atoms with Crippen molar-refractivity contribution in [1.82, 2.24) is 4.98 Å². The van der Waals surface area contributed by atoms with Crippen molar-refractivity contribution >= 4 is 61.8 Å². The number of para-hydroxylation sites is 2. The van der Waals surface area contributed by atoms with E-state index in [2.05, 4.69) is 11.1 Å². The summed E-state index contributed by atoms with van der Waals surface area (Å²) in [6.45, 7) is 2.00. The van der Waals surface area contributed by atoms with Gasteiger partial charge in [-0.05, 0) is 66.7 Å². The Hall–Kier alpha value is -3.22. The summed E-state index contributed by atoms with van der Waals surface area (Å²) in [6, 6.07) is 25.4. The van der Waals surface area contributed by atoms with Crippen LogP contribution < -0.4 is 4.90 Å². The fourth-order valence-electron chi connectivity index (χ4n) is 3.26. The van der Waals surface area contributed by atoms with Crippen LogP contribution in [-0.2, 0) is 4.79 Å². The van der Waals surface area contributed by atoms with Gasteiger partial charge in [-0.15, -0.1) is 11.3 Å². The molecule has 1 aliphatic rings. The molecule has 0 spiro atoms. The van der Waals surface area contributed by atoms with Crippen LogP contribution in [0.4, 0.5) is 11.4 Å². The third-order valence-electron chi connectivity index (χ3n) is 4.62. The zero-order valence-corrected chi connectivity index (χ0v) is 17.8. The zero-order chi connectivity index (χ0) is 20.5. The van der Waals surface area contributed by atoms with Crippen LogP contribution in [0, 0.1) is 6.92 Å². The third kappa shape index (κ3) is 3.67. The lowest BCUT2D eigenvalue weighted by Crippen LogP contribution is -2.28. The van der Waals surface area contributed by atoms with Gasteiger partial charge in [-0.25, -0.2) is 9.98 Å². The lowest BCUT2D eigenvalue weighted by molar-refractivity contribution is -0.113. The van der Waals surface area contributed by atoms with Crippen LogP contribution in [0.1, 0.15) is 10.6 Å². The monoisotopic (exact) mass is 427 g/mol. The van der Waals surface area contributed by atoms with Crippen molar-refractivity contribution in [2.75, 3.05) is 4.90 Å². The number of aliphatic imine (C=N–C) groups is 1. The molecule has 0 N–H and O–H groups in total. The molecule has 30 heavy (non-hydrogen) atoms. The highest BCUT2D eigenvalue weighted by Gasteiger charge is 2.34. The van der Waals surface area contributed by atoms with E-state index in [0.717, 1.165) is 32.2 Å². The summed E-state index contributed by atoms with van der Waals surface area (Å²) in [7, 11) is 0. The Labute approximate surface area is 182 Å². The van der Waals surface area contributed by atoms with Gasteiger partial charge in [0, 0.05) is 0 Å². The number of carbonyl (C=O) groups is 1. The topological polar surface area (TPSA) is 45.6 Å². The molecule has 0 bridgehead atoms. The van der Waals surface area contributed by atoms with Crippen molar-refractivity contribution in [2.45, 2.75) is 6.92 Å². The molecule has 4 aromatic rings. The first-order valence-electron chi connectivity index (χ1n) is 9.47. The number of amidine groups is 1. The van der Waals surface area contributed by atoms with Crippen molar-refractivity contribution in [3.63, 3.8) is 0 Å². The average Bonchev–Trinajstić information content (AvgIpc) is 3.27. The Bertz CT molecular complexity index is 1290. The number of benzene rings is 3. The number of hydrogen-bond donors (Lipinski definition) is 0. The molecule has 5 rings (SSSR count). The molecule has 4 nitrogen and oxygen atoms in total. The molecule has 6 heteroatoms. The maximum absolute atomic E-state index is 13.3. The molecule has 1 fully saturated rings. The van der Waals surface area contributed by atoms with Gasteiger partial charge in [0.25, 0.3) is 5.91 Å². The summed E-state index contributed by atoms with van der Waals surface area (Å²) in [5, 5.41) is 1.69. The molecule has 1 amide bonds. The van der Waals surface area contributed by atoms with Crippen LogP contribution in [-0.4, -0.2) is 16.1 Å². The van der Waals surface area contributed by atoms with Crippen molar-refractivity contribution < 1.29 is 4.79 Å². The number of fused-ring (bicyclic) bond motifs is 1. The van der Waals surface area contributed by atoms with Crippen molar-refractivity contribution in [2.24, 2.45) is 4.99 Å². The second-order valence-electron chi connectivity index (χ2n) is 6.78. The highest BCUT2D eigenvalue weighted by Crippen LogP contribution is 2.37. The summed E-state index contributed by atoms with van der Waals surface area (Å²) in [5.74, 6) is -0.0681. The Kier molecular flexibility index (Phi) is 4.94. The van der Waals surface area contributed by atoms with Gasteiger partial charge in [0.05, 0.1) is 31.5 Å². The normalized spacial score (nSPS) is 16.8. The second kappa shape index (κ2) is 7.89. The van der Waals surface area contributed by atoms with Gasteiger partial charge in [-0.2, -0.15) is 0 Å². The van der Waals surface area contributed by atoms with E-state index in [1.807, 2.05) is 85.8 Å². The lowest BCUT2D eigenvalue weighted by atomic mass is 10.2. The molecule has 0 atom stereocenters. The molecule has 146 valence electrons. The molecule has 0 radical (unpaired) electrons. The standard InChI is InChI=1S/C24H17N3OS2/c1-16-25-20-13-12-17(14-21(20)29-16)15-22-23(28)27(19-10-6-3-7-11-19)24(30-22)26-18-8-4-2-5-9-18/h2-15H,1H3/b22-15-,26-24?. The number of thioether (sulfide) groups is 1. The van der Waals surface area contributed by atoms with Crippen LogP contribution >= 0.6 is 23.1 Å². The van der Waals surface area contributed by atoms with E-state index in [0.29, 0.717) is 10.1 Å². The van der Waals surface area contributed by atoms with Crippen LogP contribution in [0.25, 0.3) is 16.3 Å². The fourth-order valence-corrected chi connectivity index (χ4v) is 5.14. The number of carbonyl (C=O) groups excluding carboxylic acids is 1. The third-order valence-corrected chi connectivity index (χ3v) is 6.52. The number of aryl methyl sites for hydroxylation is 1. The van der Waals surface area contributed by atoms with Crippen molar-refractivity contribution in [1.29, 1.82) is 0 Å². The summed E-state index contributed by atoms with van der Waals surface area (Å²) in [4.78, 5) is 24.9. The van der Waals surface area contributed by atoms with Crippen LogP contribution in [0.3, 0.4) is 0 Å². The Morgan fingerprint density at radius 3 is 2.47 bits per heavy atom. The number of rotatable bonds is 3. The summed E-state index contributed by atoms with van der Waals surface area (Å²) in [5.41, 5.74) is 3.59. The van der Waals surface area contributed by atoms with Gasteiger partial charge >= 0.3 is 0 Å². The van der Waals surface area contributed by atoms with Gasteiger partial charge in [0.1, 0.15) is 0 Å². The quantitative estimate of drug-likeness (QED) is 0.355. The molecule has 3 aromatic carbocycles.